The summed E-state index contributed by atoms with van der Waals surface area (Å²) < 4.78 is 26.8. The van der Waals surface area contributed by atoms with Gasteiger partial charge in [-0.2, -0.15) is 0 Å². The third-order valence-corrected chi connectivity index (χ3v) is 9.93. The fraction of sp³-hybridized carbons (Fsp3) is 0.900. The molecule has 0 rings (SSSR count). The molecular weight excluding hydrogens is 653 g/mol. The Balaban J connectivity index is 3.56. The topological polar surface area (TPSA) is 131 Å². The zero-order valence-electron chi connectivity index (χ0n) is 32.4. The molecule has 0 saturated carbocycles. The molecule has 0 aliphatic rings. The van der Waals surface area contributed by atoms with Crippen molar-refractivity contribution in [3.63, 3.8) is 0 Å². The molecule has 0 saturated heterocycles. The highest BCUT2D eigenvalue weighted by molar-refractivity contribution is 7.47. The van der Waals surface area contributed by atoms with Crippen molar-refractivity contribution in [1.82, 2.24) is 5.32 Å². The van der Waals surface area contributed by atoms with E-state index in [1.54, 1.807) is 0 Å². The van der Waals surface area contributed by atoms with Crippen LogP contribution in [0.5, 0.6) is 0 Å². The number of hydrogen-bond acceptors (Lipinski definition) is 7. The van der Waals surface area contributed by atoms with Crippen molar-refractivity contribution in [3.05, 3.63) is 12.2 Å². The first-order valence-corrected chi connectivity index (χ1v) is 22.2. The summed E-state index contributed by atoms with van der Waals surface area (Å²) in [7, 11) is -4.41. The molecule has 0 radical (unpaired) electrons. The van der Waals surface area contributed by atoms with E-state index >= 15 is 0 Å². The predicted molar refractivity (Wildman–Crippen MR) is 206 cm³/mol. The fourth-order valence-corrected chi connectivity index (χ4v) is 6.53. The van der Waals surface area contributed by atoms with Gasteiger partial charge in [-0.3, -0.25) is 18.6 Å². The van der Waals surface area contributed by atoms with Gasteiger partial charge >= 0.3 is 13.8 Å². The summed E-state index contributed by atoms with van der Waals surface area (Å²) in [5, 5.41) is 12.7. The van der Waals surface area contributed by atoms with E-state index in [-0.39, 0.29) is 32.1 Å². The third-order valence-electron chi connectivity index (χ3n) is 8.95. The molecule has 0 aliphatic carbocycles. The van der Waals surface area contributed by atoms with Gasteiger partial charge < -0.3 is 20.1 Å². The number of ether oxygens (including phenoxy) is 1. The Kier molecular flexibility index (Phi) is 36.6. The summed E-state index contributed by atoms with van der Waals surface area (Å²) in [6.45, 7) is 3.52. The minimum atomic E-state index is -4.41. The van der Waals surface area contributed by atoms with Gasteiger partial charge in [0.05, 0.1) is 13.2 Å². The molecule has 10 heteroatoms. The lowest BCUT2D eigenvalue weighted by Crippen LogP contribution is -2.27. The number of rotatable bonds is 39. The zero-order valence-corrected chi connectivity index (χ0v) is 33.3. The maximum atomic E-state index is 12.1. The number of aliphatic hydroxyl groups excluding tert-OH is 1. The van der Waals surface area contributed by atoms with Crippen LogP contribution in [0.15, 0.2) is 12.2 Å². The number of aliphatic hydroxyl groups is 1. The highest BCUT2D eigenvalue weighted by atomic mass is 31.2. The molecule has 0 aromatic rings. The Hall–Kier alpha value is -1.25. The minimum Gasteiger partial charge on any atom is -0.463 e. The lowest BCUT2D eigenvalue weighted by molar-refractivity contribution is -0.147. The van der Waals surface area contributed by atoms with Crippen LogP contribution in [-0.2, 0) is 27.9 Å². The molecule has 0 aromatic heterocycles. The average Bonchev–Trinajstić information content (AvgIpc) is 3.10. The lowest BCUT2D eigenvalue weighted by atomic mass is 10.0. The smallest absolute Gasteiger partial charge is 0.463 e. The molecule has 0 bridgehead atoms. The van der Waals surface area contributed by atoms with E-state index in [2.05, 4.69) is 31.3 Å². The monoisotopic (exact) mass is 732 g/mol. The van der Waals surface area contributed by atoms with Crippen molar-refractivity contribution in [2.75, 3.05) is 26.4 Å². The molecule has 296 valence electrons. The normalized spacial score (nSPS) is 13.4. The Morgan fingerprint density at radius 1 is 0.600 bits per heavy atom. The number of phosphoric ester groups is 1. The van der Waals surface area contributed by atoms with Crippen molar-refractivity contribution in [2.24, 2.45) is 0 Å². The largest absolute Gasteiger partial charge is 0.472 e. The number of esters is 1. The van der Waals surface area contributed by atoms with Gasteiger partial charge in [0.15, 0.2) is 0 Å². The van der Waals surface area contributed by atoms with E-state index in [0.717, 1.165) is 64.2 Å². The summed E-state index contributed by atoms with van der Waals surface area (Å²) in [6, 6.07) is 0. The van der Waals surface area contributed by atoms with Crippen molar-refractivity contribution in [1.29, 1.82) is 0 Å². The molecule has 0 fully saturated rings. The second-order valence-electron chi connectivity index (χ2n) is 14.0. The second kappa shape index (κ2) is 37.5. The average molecular weight is 732 g/mol. The number of hydrogen-bond donors (Lipinski definition) is 3. The number of nitrogens with one attached hydrogen (secondary N) is 1. The van der Waals surface area contributed by atoms with Crippen molar-refractivity contribution in [2.45, 2.75) is 206 Å². The van der Waals surface area contributed by atoms with Gasteiger partial charge in [0.2, 0.25) is 5.91 Å². The van der Waals surface area contributed by atoms with E-state index in [4.69, 9.17) is 13.8 Å². The van der Waals surface area contributed by atoms with Crippen LogP contribution in [0.25, 0.3) is 0 Å². The molecule has 0 aliphatic heterocycles. The predicted octanol–water partition coefficient (Wildman–Crippen LogP) is 11.0. The number of amides is 1. The van der Waals surface area contributed by atoms with Crippen LogP contribution in [0, 0.1) is 0 Å². The molecule has 0 spiro atoms. The first kappa shape index (κ1) is 48.8. The highest BCUT2D eigenvalue weighted by Crippen LogP contribution is 2.42. The Morgan fingerprint density at radius 2 is 1.04 bits per heavy atom. The molecule has 0 aromatic carbocycles. The summed E-state index contributed by atoms with van der Waals surface area (Å²) in [4.78, 5) is 33.8. The van der Waals surface area contributed by atoms with E-state index in [0.29, 0.717) is 6.42 Å². The van der Waals surface area contributed by atoms with Crippen molar-refractivity contribution >= 4 is 19.7 Å². The van der Waals surface area contributed by atoms with Gasteiger partial charge in [-0.05, 0) is 32.1 Å². The second-order valence-corrected chi connectivity index (χ2v) is 15.4. The molecular formula is C40H78NO8P. The number of carbonyl (C=O) groups is 2. The van der Waals surface area contributed by atoms with Crippen LogP contribution >= 0.6 is 7.82 Å². The van der Waals surface area contributed by atoms with E-state index in [9.17, 15) is 24.2 Å². The molecule has 3 N–H and O–H groups in total. The first-order valence-electron chi connectivity index (χ1n) is 20.7. The lowest BCUT2D eigenvalue weighted by Gasteiger charge is -2.15. The number of allylic oxidation sites excluding steroid dienone is 2. The van der Waals surface area contributed by atoms with Crippen LogP contribution < -0.4 is 5.32 Å². The maximum absolute atomic E-state index is 12.1. The molecule has 0 heterocycles. The van der Waals surface area contributed by atoms with Gasteiger partial charge in [0, 0.05) is 19.4 Å². The van der Waals surface area contributed by atoms with E-state index in [1.807, 2.05) is 0 Å². The van der Waals surface area contributed by atoms with Gasteiger partial charge in [-0.1, -0.05) is 167 Å². The quantitative estimate of drug-likeness (QED) is 0.0246. The van der Waals surface area contributed by atoms with Crippen LogP contribution in [0.4, 0.5) is 0 Å². The molecule has 50 heavy (non-hydrogen) atoms. The van der Waals surface area contributed by atoms with Gasteiger partial charge in [0.1, 0.15) is 12.7 Å². The van der Waals surface area contributed by atoms with Crippen LogP contribution in [-0.4, -0.2) is 54.3 Å². The Labute approximate surface area is 307 Å². The SMILES string of the molecule is CCCC/C=C\CCCCCCCC(=O)OCC(O)COP(=O)(O)OCCNC(=O)CCCCCCCCCCCCCCCCCCCC. The van der Waals surface area contributed by atoms with Gasteiger partial charge in [-0.15, -0.1) is 0 Å². The van der Waals surface area contributed by atoms with Crippen LogP contribution in [0.3, 0.4) is 0 Å². The Bertz CT molecular complexity index is 840. The molecule has 2 atom stereocenters. The maximum Gasteiger partial charge on any atom is 0.472 e. The van der Waals surface area contributed by atoms with Crippen LogP contribution in [0.1, 0.15) is 200 Å². The molecule has 1 amide bonds. The van der Waals surface area contributed by atoms with Gasteiger partial charge in [0.25, 0.3) is 0 Å². The summed E-state index contributed by atoms with van der Waals surface area (Å²) in [5.74, 6) is -0.520. The third kappa shape index (κ3) is 38.0. The summed E-state index contributed by atoms with van der Waals surface area (Å²) in [6.07, 6.45) is 37.2. The molecule has 9 nitrogen and oxygen atoms in total. The minimum absolute atomic E-state index is 0.0854. The standard InChI is InChI=1S/C40H78NO8P/c1-3-5-7-9-11-13-15-16-17-18-19-20-21-23-24-26-28-30-32-39(43)41-34-35-48-50(45,46)49-37-38(42)36-47-40(44)33-31-29-27-25-22-14-12-10-8-6-4-2/h10,12,38,42H,3-9,11,13-37H2,1-2H3,(H,41,43)(H,45,46)/b12-10-. The Morgan fingerprint density at radius 3 is 1.56 bits per heavy atom. The van der Waals surface area contributed by atoms with E-state index < -0.39 is 26.5 Å². The van der Waals surface area contributed by atoms with Gasteiger partial charge in [-0.25, -0.2) is 4.57 Å². The van der Waals surface area contributed by atoms with Crippen molar-refractivity contribution in [3.8, 4) is 0 Å². The number of phosphoric acid groups is 1. The first-order chi connectivity index (χ1) is 24.3. The highest BCUT2D eigenvalue weighted by Gasteiger charge is 2.23. The van der Waals surface area contributed by atoms with E-state index in [1.165, 1.54) is 109 Å². The zero-order chi connectivity index (χ0) is 36.8. The number of carbonyl (C=O) groups excluding carboxylic acids is 2. The fourth-order valence-electron chi connectivity index (χ4n) is 5.77. The molecule has 2 unspecified atom stereocenters. The number of unbranched alkanes of at least 4 members (excludes halogenated alkanes) is 24. The summed E-state index contributed by atoms with van der Waals surface area (Å²) in [5.41, 5.74) is 0. The van der Waals surface area contributed by atoms with Crippen molar-refractivity contribution < 1.29 is 37.9 Å². The van der Waals surface area contributed by atoms with Crippen LogP contribution in [0.2, 0.25) is 0 Å². The summed E-state index contributed by atoms with van der Waals surface area (Å²) >= 11 is 0.